The van der Waals surface area contributed by atoms with Crippen molar-refractivity contribution in [2.75, 3.05) is 20.8 Å². The highest BCUT2D eigenvalue weighted by atomic mass is 32.2. The second-order valence-corrected chi connectivity index (χ2v) is 9.38. The van der Waals surface area contributed by atoms with Gasteiger partial charge in [-0.2, -0.15) is 4.31 Å². The normalized spacial score (nSPS) is 13.6. The van der Waals surface area contributed by atoms with E-state index in [0.717, 1.165) is 11.1 Å². The SMILES string of the molecule is C=CC[C@H](C)[C@H](CO)S(=O)(=O)N(Cc1ccc(OC)cc1)Cc1ccc(OC)cc1. The van der Waals surface area contributed by atoms with Gasteiger partial charge in [0.1, 0.15) is 16.7 Å². The lowest BCUT2D eigenvalue weighted by molar-refractivity contribution is 0.255. The molecule has 0 spiro atoms. The van der Waals surface area contributed by atoms with Crippen LogP contribution in [-0.2, 0) is 23.1 Å². The second-order valence-electron chi connectivity index (χ2n) is 7.23. The molecule has 0 unspecified atom stereocenters. The number of ether oxygens (including phenoxy) is 2. The molecule has 164 valence electrons. The van der Waals surface area contributed by atoms with Gasteiger partial charge in [-0.15, -0.1) is 6.58 Å². The zero-order valence-corrected chi connectivity index (χ0v) is 18.6. The van der Waals surface area contributed by atoms with Gasteiger partial charge >= 0.3 is 0 Å². The summed E-state index contributed by atoms with van der Waals surface area (Å²) in [6.07, 6.45) is 2.18. The molecule has 6 nitrogen and oxygen atoms in total. The first-order valence-electron chi connectivity index (χ1n) is 9.82. The van der Waals surface area contributed by atoms with E-state index in [4.69, 9.17) is 9.47 Å². The smallest absolute Gasteiger partial charge is 0.220 e. The van der Waals surface area contributed by atoms with E-state index in [0.29, 0.717) is 17.9 Å². The topological polar surface area (TPSA) is 76.1 Å². The monoisotopic (exact) mass is 433 g/mol. The Kier molecular flexibility index (Phi) is 8.89. The predicted molar refractivity (Wildman–Crippen MR) is 119 cm³/mol. The number of aliphatic hydroxyl groups is 1. The van der Waals surface area contributed by atoms with Crippen LogP contribution in [0, 0.1) is 5.92 Å². The Hall–Kier alpha value is -2.35. The molecule has 0 bridgehead atoms. The third kappa shape index (κ3) is 6.08. The molecule has 0 saturated carbocycles. The minimum Gasteiger partial charge on any atom is -0.497 e. The van der Waals surface area contributed by atoms with Gasteiger partial charge in [0.2, 0.25) is 10.0 Å². The number of allylic oxidation sites excluding steroid dienone is 1. The Morgan fingerprint density at radius 3 is 1.73 bits per heavy atom. The minimum atomic E-state index is -3.79. The molecule has 7 heteroatoms. The predicted octanol–water partition coefficient (Wildman–Crippen LogP) is 3.61. The fraction of sp³-hybridized carbons (Fsp3) is 0.391. The lowest BCUT2D eigenvalue weighted by Crippen LogP contribution is -2.43. The number of nitrogens with zero attached hydrogens (tertiary/aromatic N) is 1. The van der Waals surface area contributed by atoms with Gasteiger partial charge in [-0.25, -0.2) is 8.42 Å². The van der Waals surface area contributed by atoms with E-state index in [1.54, 1.807) is 44.6 Å². The van der Waals surface area contributed by atoms with Crippen molar-refractivity contribution in [3.8, 4) is 11.5 Å². The van der Waals surface area contributed by atoms with Crippen molar-refractivity contribution >= 4 is 10.0 Å². The van der Waals surface area contributed by atoms with E-state index in [2.05, 4.69) is 6.58 Å². The summed E-state index contributed by atoms with van der Waals surface area (Å²) in [5.74, 6) is 1.15. The number of hydrogen-bond donors (Lipinski definition) is 1. The molecular weight excluding hydrogens is 402 g/mol. The fourth-order valence-electron chi connectivity index (χ4n) is 3.28. The standard InChI is InChI=1S/C23H31NO5S/c1-5-6-18(2)23(17-25)30(26,27)24(15-19-7-11-21(28-3)12-8-19)16-20-9-13-22(29-4)14-10-20/h5,7-14,18,23,25H,1,6,15-17H2,2-4H3/t18-,23-/m0/s1. The molecule has 0 aliphatic heterocycles. The van der Waals surface area contributed by atoms with Crippen LogP contribution in [-0.4, -0.2) is 43.9 Å². The molecule has 2 aromatic carbocycles. The first-order valence-corrected chi connectivity index (χ1v) is 11.3. The van der Waals surface area contributed by atoms with Gasteiger partial charge in [-0.1, -0.05) is 37.3 Å². The van der Waals surface area contributed by atoms with Crippen LogP contribution in [0.3, 0.4) is 0 Å². The van der Waals surface area contributed by atoms with E-state index in [-0.39, 0.29) is 19.0 Å². The fourth-order valence-corrected chi connectivity index (χ4v) is 5.21. The summed E-state index contributed by atoms with van der Waals surface area (Å²) in [5, 5.41) is 8.99. The van der Waals surface area contributed by atoms with Crippen molar-refractivity contribution in [3.05, 3.63) is 72.3 Å². The zero-order valence-electron chi connectivity index (χ0n) is 17.8. The van der Waals surface area contributed by atoms with Gasteiger partial charge in [-0.3, -0.25) is 0 Å². The van der Waals surface area contributed by atoms with Crippen molar-refractivity contribution in [2.45, 2.75) is 31.7 Å². The summed E-state index contributed by atoms with van der Waals surface area (Å²) < 4.78 is 38.8. The molecule has 0 aliphatic rings. The highest BCUT2D eigenvalue weighted by molar-refractivity contribution is 7.89. The Labute approximate surface area is 179 Å². The summed E-state index contributed by atoms with van der Waals surface area (Å²) in [4.78, 5) is 0. The quantitative estimate of drug-likeness (QED) is 0.518. The number of rotatable bonds is 12. The third-order valence-corrected chi connectivity index (χ3v) is 7.49. The molecule has 0 amide bonds. The van der Waals surface area contributed by atoms with Crippen LogP contribution in [0.5, 0.6) is 11.5 Å². The highest BCUT2D eigenvalue weighted by Crippen LogP contribution is 2.25. The van der Waals surface area contributed by atoms with Crippen LogP contribution in [0.1, 0.15) is 24.5 Å². The molecule has 0 radical (unpaired) electrons. The molecule has 1 N–H and O–H groups in total. The maximum atomic E-state index is 13.5. The Balaban J connectivity index is 2.37. The number of aliphatic hydroxyl groups excluding tert-OH is 1. The van der Waals surface area contributed by atoms with Crippen LogP contribution < -0.4 is 9.47 Å². The van der Waals surface area contributed by atoms with Crippen molar-refractivity contribution < 1.29 is 23.0 Å². The van der Waals surface area contributed by atoms with Crippen molar-refractivity contribution in [2.24, 2.45) is 5.92 Å². The minimum absolute atomic E-state index is 0.190. The van der Waals surface area contributed by atoms with Crippen molar-refractivity contribution in [1.82, 2.24) is 4.31 Å². The second kappa shape index (κ2) is 11.2. The Morgan fingerprint density at radius 2 is 1.40 bits per heavy atom. The summed E-state index contributed by atoms with van der Waals surface area (Å²) in [7, 11) is -0.618. The van der Waals surface area contributed by atoms with Crippen LogP contribution in [0.25, 0.3) is 0 Å². The molecule has 0 aliphatic carbocycles. The number of methoxy groups -OCH3 is 2. The summed E-state index contributed by atoms with van der Waals surface area (Å²) in [5.41, 5.74) is 1.67. The maximum Gasteiger partial charge on any atom is 0.220 e. The molecule has 0 heterocycles. The summed E-state index contributed by atoms with van der Waals surface area (Å²) in [6.45, 7) is 5.45. The van der Waals surface area contributed by atoms with E-state index in [9.17, 15) is 13.5 Å². The molecule has 2 aromatic rings. The molecule has 0 fully saturated rings. The lowest BCUT2D eigenvalue weighted by atomic mass is 10.0. The first kappa shape index (κ1) is 23.9. The third-order valence-electron chi connectivity index (χ3n) is 5.13. The molecular formula is C23H31NO5S. The number of sulfonamides is 1. The van der Waals surface area contributed by atoms with Gasteiger partial charge in [-0.05, 0) is 47.7 Å². The van der Waals surface area contributed by atoms with Crippen molar-refractivity contribution in [3.63, 3.8) is 0 Å². The van der Waals surface area contributed by atoms with Crippen LogP contribution in [0.4, 0.5) is 0 Å². The van der Waals surface area contributed by atoms with E-state index in [1.807, 2.05) is 31.2 Å². The zero-order chi connectivity index (χ0) is 22.1. The van der Waals surface area contributed by atoms with Crippen molar-refractivity contribution in [1.29, 1.82) is 0 Å². The average Bonchev–Trinajstić information content (AvgIpc) is 2.74. The van der Waals surface area contributed by atoms with E-state index >= 15 is 0 Å². The molecule has 2 rings (SSSR count). The van der Waals surface area contributed by atoms with E-state index < -0.39 is 21.9 Å². The average molecular weight is 434 g/mol. The molecule has 0 saturated heterocycles. The van der Waals surface area contributed by atoms with Gasteiger partial charge in [0.25, 0.3) is 0 Å². The molecule has 30 heavy (non-hydrogen) atoms. The summed E-state index contributed by atoms with van der Waals surface area (Å²) >= 11 is 0. The van der Waals surface area contributed by atoms with Gasteiger partial charge in [0.15, 0.2) is 0 Å². The van der Waals surface area contributed by atoms with Crippen LogP contribution in [0.2, 0.25) is 0 Å². The number of hydrogen-bond acceptors (Lipinski definition) is 5. The Bertz CT molecular complexity index is 845. The highest BCUT2D eigenvalue weighted by Gasteiger charge is 2.35. The largest absolute Gasteiger partial charge is 0.497 e. The van der Waals surface area contributed by atoms with Gasteiger partial charge < -0.3 is 14.6 Å². The molecule has 2 atom stereocenters. The van der Waals surface area contributed by atoms with Gasteiger partial charge in [0, 0.05) is 13.1 Å². The number of benzene rings is 2. The van der Waals surface area contributed by atoms with Crippen LogP contribution >= 0.6 is 0 Å². The Morgan fingerprint density at radius 1 is 0.967 bits per heavy atom. The van der Waals surface area contributed by atoms with Gasteiger partial charge in [0.05, 0.1) is 20.8 Å². The molecule has 0 aromatic heterocycles. The van der Waals surface area contributed by atoms with Crippen LogP contribution in [0.15, 0.2) is 61.2 Å². The maximum absolute atomic E-state index is 13.5. The summed E-state index contributed by atoms with van der Waals surface area (Å²) in [6, 6.07) is 14.6. The van der Waals surface area contributed by atoms with E-state index in [1.165, 1.54) is 4.31 Å². The first-order chi connectivity index (χ1) is 14.3. The lowest BCUT2D eigenvalue weighted by Gasteiger charge is -2.30.